The molecule has 0 atom stereocenters. The van der Waals surface area contributed by atoms with Crippen LogP contribution in [0.1, 0.15) is 20.8 Å². The lowest BCUT2D eigenvalue weighted by atomic mass is 10.1. The van der Waals surface area contributed by atoms with Gasteiger partial charge in [0.2, 0.25) is 0 Å². The van der Waals surface area contributed by atoms with Gasteiger partial charge < -0.3 is 0 Å². The molecule has 0 aromatic carbocycles. The third-order valence-electron chi connectivity index (χ3n) is 3.12. The molecule has 2 aromatic rings. The number of amides is 1. The van der Waals surface area contributed by atoms with Crippen molar-refractivity contribution in [2.45, 2.75) is 13.0 Å². The van der Waals surface area contributed by atoms with Crippen LogP contribution in [0.5, 0.6) is 0 Å². The summed E-state index contributed by atoms with van der Waals surface area (Å²) in [6.07, 6.45) is 0.695. The number of hydrogen-bond donors (Lipinski definition) is 1. The smallest absolute Gasteiger partial charge is 0.268 e. The normalized spacial score (nSPS) is 15.8. The van der Waals surface area contributed by atoms with Crippen LogP contribution in [0.2, 0.25) is 0 Å². The molecular formula is C12H12N2O3S3. The third-order valence-corrected chi connectivity index (χ3v) is 6.26. The second-order valence-corrected chi connectivity index (χ2v) is 7.85. The second-order valence-electron chi connectivity index (χ2n) is 4.40. The zero-order valence-electron chi connectivity index (χ0n) is 10.4. The highest BCUT2D eigenvalue weighted by Gasteiger charge is 2.28. The number of carbonyl (C=O) groups is 1. The standard InChI is InChI=1S/C12H12N2O3S3/c15-12(10-2-5-18-8-10)13-20(16,17)14-4-1-11-9(7-14)3-6-19-11/h2-3,5-6,8H,1,4,7H2,(H,13,15). The molecule has 20 heavy (non-hydrogen) atoms. The van der Waals surface area contributed by atoms with E-state index in [-0.39, 0.29) is 0 Å². The molecule has 3 heterocycles. The van der Waals surface area contributed by atoms with E-state index in [1.54, 1.807) is 28.2 Å². The monoisotopic (exact) mass is 328 g/mol. The lowest BCUT2D eigenvalue weighted by Crippen LogP contribution is -2.45. The molecule has 3 rings (SSSR count). The molecule has 0 radical (unpaired) electrons. The molecule has 0 saturated carbocycles. The number of nitrogens with one attached hydrogen (secondary N) is 1. The Bertz CT molecular complexity index is 719. The number of nitrogens with zero attached hydrogens (tertiary/aromatic N) is 1. The Morgan fingerprint density at radius 1 is 1.30 bits per heavy atom. The molecule has 0 unspecified atom stereocenters. The Morgan fingerprint density at radius 2 is 2.15 bits per heavy atom. The first kappa shape index (κ1) is 13.7. The van der Waals surface area contributed by atoms with E-state index < -0.39 is 16.1 Å². The summed E-state index contributed by atoms with van der Waals surface area (Å²) in [6, 6.07) is 3.53. The van der Waals surface area contributed by atoms with E-state index in [2.05, 4.69) is 4.72 Å². The summed E-state index contributed by atoms with van der Waals surface area (Å²) in [5.74, 6) is -0.581. The largest absolute Gasteiger partial charge is 0.304 e. The van der Waals surface area contributed by atoms with E-state index in [1.165, 1.54) is 20.5 Å². The topological polar surface area (TPSA) is 66.5 Å². The van der Waals surface area contributed by atoms with Crippen molar-refractivity contribution in [2.75, 3.05) is 6.54 Å². The van der Waals surface area contributed by atoms with Crippen LogP contribution in [0, 0.1) is 0 Å². The molecule has 0 spiro atoms. The summed E-state index contributed by atoms with van der Waals surface area (Å²) in [7, 11) is -3.79. The highest BCUT2D eigenvalue weighted by atomic mass is 32.2. The van der Waals surface area contributed by atoms with Gasteiger partial charge in [0.25, 0.3) is 5.91 Å². The summed E-state index contributed by atoms with van der Waals surface area (Å²) >= 11 is 3.00. The average Bonchev–Trinajstić information content (AvgIpc) is 3.08. The van der Waals surface area contributed by atoms with Crippen LogP contribution in [-0.4, -0.2) is 25.2 Å². The SMILES string of the molecule is O=C(NS(=O)(=O)N1CCc2sccc2C1)c1ccsc1. The van der Waals surface area contributed by atoms with Crippen molar-refractivity contribution in [3.63, 3.8) is 0 Å². The first-order chi connectivity index (χ1) is 9.56. The van der Waals surface area contributed by atoms with Crippen LogP contribution in [0.3, 0.4) is 0 Å². The van der Waals surface area contributed by atoms with Gasteiger partial charge in [-0.05, 0) is 34.9 Å². The Kier molecular flexibility index (Phi) is 3.63. The minimum atomic E-state index is -3.79. The van der Waals surface area contributed by atoms with E-state index >= 15 is 0 Å². The van der Waals surface area contributed by atoms with E-state index in [1.807, 2.05) is 11.4 Å². The Balaban J connectivity index is 1.75. The van der Waals surface area contributed by atoms with E-state index in [4.69, 9.17) is 0 Å². The first-order valence-corrected chi connectivity index (χ1v) is 9.22. The Morgan fingerprint density at radius 3 is 2.90 bits per heavy atom. The lowest BCUT2D eigenvalue weighted by Gasteiger charge is -2.25. The zero-order chi connectivity index (χ0) is 14.2. The van der Waals surface area contributed by atoms with Gasteiger partial charge >= 0.3 is 10.2 Å². The van der Waals surface area contributed by atoms with E-state index in [9.17, 15) is 13.2 Å². The predicted octanol–water partition coefficient (Wildman–Crippen LogP) is 1.84. The molecule has 0 saturated heterocycles. The Hall–Kier alpha value is -1.22. The average molecular weight is 328 g/mol. The maximum absolute atomic E-state index is 12.2. The summed E-state index contributed by atoms with van der Waals surface area (Å²) < 4.78 is 27.9. The van der Waals surface area contributed by atoms with Crippen molar-refractivity contribution in [3.05, 3.63) is 44.3 Å². The van der Waals surface area contributed by atoms with Crippen molar-refractivity contribution >= 4 is 38.8 Å². The fourth-order valence-electron chi connectivity index (χ4n) is 2.06. The van der Waals surface area contributed by atoms with Crippen molar-refractivity contribution in [3.8, 4) is 0 Å². The maximum Gasteiger partial charge on any atom is 0.304 e. The molecule has 1 aliphatic rings. The molecule has 0 bridgehead atoms. The number of hydrogen-bond acceptors (Lipinski definition) is 5. The molecule has 106 valence electrons. The number of rotatable bonds is 3. The van der Waals surface area contributed by atoms with Gasteiger partial charge in [0, 0.05) is 23.3 Å². The highest BCUT2D eigenvalue weighted by molar-refractivity contribution is 7.87. The van der Waals surface area contributed by atoms with Gasteiger partial charge in [-0.2, -0.15) is 24.1 Å². The van der Waals surface area contributed by atoms with Crippen molar-refractivity contribution in [2.24, 2.45) is 0 Å². The van der Waals surface area contributed by atoms with Crippen LogP contribution in [0.25, 0.3) is 0 Å². The Labute approximate surface area is 125 Å². The molecule has 0 aliphatic carbocycles. The molecule has 2 aromatic heterocycles. The number of carbonyl (C=O) groups excluding carboxylic acids is 1. The van der Waals surface area contributed by atoms with Crippen molar-refractivity contribution < 1.29 is 13.2 Å². The minimum absolute atomic E-state index is 0.324. The second kappa shape index (κ2) is 5.28. The molecule has 1 N–H and O–H groups in total. The fourth-order valence-corrected chi connectivity index (χ4v) is 4.71. The van der Waals surface area contributed by atoms with Crippen LogP contribution in [-0.2, 0) is 23.2 Å². The van der Waals surface area contributed by atoms with Gasteiger partial charge in [0.1, 0.15) is 0 Å². The van der Waals surface area contributed by atoms with Gasteiger partial charge in [-0.25, -0.2) is 4.72 Å². The van der Waals surface area contributed by atoms with Crippen LogP contribution >= 0.6 is 22.7 Å². The molecule has 1 amide bonds. The molecule has 5 nitrogen and oxygen atoms in total. The summed E-state index contributed by atoms with van der Waals surface area (Å²) in [5, 5.41) is 5.32. The minimum Gasteiger partial charge on any atom is -0.268 e. The third kappa shape index (κ3) is 2.64. The summed E-state index contributed by atoms with van der Waals surface area (Å²) in [5.41, 5.74) is 1.39. The molecule has 1 aliphatic heterocycles. The molecule has 8 heteroatoms. The number of fused-ring (bicyclic) bond motifs is 1. The van der Waals surface area contributed by atoms with Crippen LogP contribution < -0.4 is 4.72 Å². The van der Waals surface area contributed by atoms with Gasteiger partial charge in [-0.3, -0.25) is 4.79 Å². The highest BCUT2D eigenvalue weighted by Crippen LogP contribution is 2.25. The quantitative estimate of drug-likeness (QED) is 0.935. The molecular weight excluding hydrogens is 316 g/mol. The summed E-state index contributed by atoms with van der Waals surface area (Å²) in [4.78, 5) is 13.1. The van der Waals surface area contributed by atoms with Gasteiger partial charge in [-0.15, -0.1) is 11.3 Å². The predicted molar refractivity (Wildman–Crippen MR) is 79.1 cm³/mol. The maximum atomic E-state index is 12.2. The summed E-state index contributed by atoms with van der Waals surface area (Å²) in [6.45, 7) is 0.727. The van der Waals surface area contributed by atoms with Crippen molar-refractivity contribution in [1.82, 2.24) is 9.03 Å². The van der Waals surface area contributed by atoms with Crippen molar-refractivity contribution in [1.29, 1.82) is 0 Å². The fraction of sp³-hybridized carbons (Fsp3) is 0.250. The van der Waals surface area contributed by atoms with E-state index in [0.717, 1.165) is 5.56 Å². The van der Waals surface area contributed by atoms with E-state index in [0.29, 0.717) is 25.1 Å². The van der Waals surface area contributed by atoms with Crippen LogP contribution in [0.15, 0.2) is 28.3 Å². The zero-order valence-corrected chi connectivity index (χ0v) is 12.9. The number of thiophene rings is 2. The van der Waals surface area contributed by atoms with Gasteiger partial charge in [-0.1, -0.05) is 0 Å². The molecule has 0 fully saturated rings. The van der Waals surface area contributed by atoms with Gasteiger partial charge in [0.05, 0.1) is 5.56 Å². The van der Waals surface area contributed by atoms with Gasteiger partial charge in [0.15, 0.2) is 0 Å². The first-order valence-electron chi connectivity index (χ1n) is 5.96. The lowest BCUT2D eigenvalue weighted by molar-refractivity contribution is 0.0979. The van der Waals surface area contributed by atoms with Crippen LogP contribution in [0.4, 0.5) is 0 Å².